The molecule has 16 heavy (non-hydrogen) atoms. The standard InChI is InChI=1S/C15H15Cl/c1-11-6-3-4-8-13(11)10-14-9-5-7-12(2)15(14)16/h3-9H,10H2,1-2H3. The van der Waals surface area contributed by atoms with Crippen molar-refractivity contribution >= 4 is 11.6 Å². The Hall–Kier alpha value is -1.27. The summed E-state index contributed by atoms with van der Waals surface area (Å²) in [4.78, 5) is 0. The zero-order valence-corrected chi connectivity index (χ0v) is 10.4. The van der Waals surface area contributed by atoms with Crippen molar-refractivity contribution in [1.29, 1.82) is 0 Å². The van der Waals surface area contributed by atoms with Crippen molar-refractivity contribution in [2.24, 2.45) is 0 Å². The van der Waals surface area contributed by atoms with Gasteiger partial charge in [0.25, 0.3) is 0 Å². The van der Waals surface area contributed by atoms with Gasteiger partial charge >= 0.3 is 0 Å². The summed E-state index contributed by atoms with van der Waals surface area (Å²) < 4.78 is 0. The van der Waals surface area contributed by atoms with Gasteiger partial charge in [-0.1, -0.05) is 54.1 Å². The predicted molar refractivity (Wildman–Crippen MR) is 70.2 cm³/mol. The molecule has 1 heteroatoms. The summed E-state index contributed by atoms with van der Waals surface area (Å²) >= 11 is 6.30. The Morgan fingerprint density at radius 1 is 0.812 bits per heavy atom. The molecule has 0 heterocycles. The van der Waals surface area contributed by atoms with Gasteiger partial charge in [-0.25, -0.2) is 0 Å². The minimum absolute atomic E-state index is 0.894. The Morgan fingerprint density at radius 2 is 1.44 bits per heavy atom. The molecule has 0 nitrogen and oxygen atoms in total. The van der Waals surface area contributed by atoms with Crippen LogP contribution >= 0.6 is 11.6 Å². The van der Waals surface area contributed by atoms with Gasteiger partial charge in [0.15, 0.2) is 0 Å². The lowest BCUT2D eigenvalue weighted by Gasteiger charge is -2.09. The van der Waals surface area contributed by atoms with Crippen LogP contribution in [0, 0.1) is 13.8 Å². The molecule has 0 saturated heterocycles. The molecule has 0 amide bonds. The first-order valence-electron chi connectivity index (χ1n) is 5.47. The highest BCUT2D eigenvalue weighted by atomic mass is 35.5. The fraction of sp³-hybridized carbons (Fsp3) is 0.200. The highest BCUT2D eigenvalue weighted by molar-refractivity contribution is 6.32. The van der Waals surface area contributed by atoms with Crippen LogP contribution in [0.3, 0.4) is 0 Å². The van der Waals surface area contributed by atoms with Crippen LogP contribution in [-0.4, -0.2) is 0 Å². The molecule has 0 aliphatic carbocycles. The second-order valence-electron chi connectivity index (χ2n) is 4.15. The zero-order valence-electron chi connectivity index (χ0n) is 9.63. The molecule has 0 fully saturated rings. The van der Waals surface area contributed by atoms with Gasteiger partial charge in [-0.05, 0) is 42.5 Å². The van der Waals surface area contributed by atoms with Crippen molar-refractivity contribution in [2.45, 2.75) is 20.3 Å². The van der Waals surface area contributed by atoms with Gasteiger partial charge in [0.05, 0.1) is 0 Å². The van der Waals surface area contributed by atoms with Crippen molar-refractivity contribution in [3.8, 4) is 0 Å². The van der Waals surface area contributed by atoms with Gasteiger partial charge in [-0.15, -0.1) is 0 Å². The maximum atomic E-state index is 6.30. The number of rotatable bonds is 2. The fourth-order valence-electron chi connectivity index (χ4n) is 1.86. The van der Waals surface area contributed by atoms with Gasteiger partial charge in [-0.2, -0.15) is 0 Å². The van der Waals surface area contributed by atoms with Gasteiger partial charge in [0.2, 0.25) is 0 Å². The normalized spacial score (nSPS) is 10.4. The third-order valence-electron chi connectivity index (χ3n) is 2.91. The average Bonchev–Trinajstić information content (AvgIpc) is 2.28. The molecule has 0 unspecified atom stereocenters. The lowest BCUT2D eigenvalue weighted by atomic mass is 9.99. The summed E-state index contributed by atoms with van der Waals surface area (Å²) in [7, 11) is 0. The van der Waals surface area contributed by atoms with Crippen molar-refractivity contribution < 1.29 is 0 Å². The quantitative estimate of drug-likeness (QED) is 0.710. The Kier molecular flexibility index (Phi) is 3.31. The third kappa shape index (κ3) is 2.28. The summed E-state index contributed by atoms with van der Waals surface area (Å²) in [6, 6.07) is 14.6. The Labute approximate surface area is 102 Å². The van der Waals surface area contributed by atoms with Crippen LogP contribution in [0.2, 0.25) is 5.02 Å². The summed E-state index contributed by atoms with van der Waals surface area (Å²) in [5.74, 6) is 0. The zero-order chi connectivity index (χ0) is 11.5. The van der Waals surface area contributed by atoms with Crippen LogP contribution in [0.4, 0.5) is 0 Å². The molecule has 0 aliphatic rings. The molecule has 0 saturated carbocycles. The van der Waals surface area contributed by atoms with E-state index in [4.69, 9.17) is 11.6 Å². The highest BCUT2D eigenvalue weighted by Gasteiger charge is 2.05. The molecule has 0 N–H and O–H groups in total. The fourth-order valence-corrected chi connectivity index (χ4v) is 2.05. The van der Waals surface area contributed by atoms with E-state index in [-0.39, 0.29) is 0 Å². The smallest absolute Gasteiger partial charge is 0.0470 e. The number of benzene rings is 2. The number of halogens is 1. The molecule has 2 aromatic rings. The molecule has 2 aromatic carbocycles. The molecular formula is C15H15Cl. The number of hydrogen-bond acceptors (Lipinski definition) is 0. The predicted octanol–water partition coefficient (Wildman–Crippen LogP) is 4.55. The number of aryl methyl sites for hydroxylation is 2. The van der Waals surface area contributed by atoms with Crippen LogP contribution in [-0.2, 0) is 6.42 Å². The SMILES string of the molecule is Cc1ccccc1Cc1cccc(C)c1Cl. The second-order valence-corrected chi connectivity index (χ2v) is 4.53. The van der Waals surface area contributed by atoms with Crippen molar-refractivity contribution in [1.82, 2.24) is 0 Å². The molecule has 0 atom stereocenters. The van der Waals surface area contributed by atoms with Gasteiger partial charge in [0, 0.05) is 5.02 Å². The molecule has 82 valence electrons. The summed E-state index contributed by atoms with van der Waals surface area (Å²) in [6.07, 6.45) is 0.910. The average molecular weight is 231 g/mol. The van der Waals surface area contributed by atoms with Gasteiger partial charge < -0.3 is 0 Å². The van der Waals surface area contributed by atoms with E-state index < -0.39 is 0 Å². The number of hydrogen-bond donors (Lipinski definition) is 0. The first-order valence-corrected chi connectivity index (χ1v) is 5.85. The molecule has 0 aromatic heterocycles. The van der Waals surface area contributed by atoms with Crippen molar-refractivity contribution in [3.63, 3.8) is 0 Å². The first kappa shape index (κ1) is 11.2. The van der Waals surface area contributed by atoms with E-state index in [2.05, 4.69) is 43.3 Å². The molecule has 0 aliphatic heterocycles. The monoisotopic (exact) mass is 230 g/mol. The van der Waals surface area contributed by atoms with Crippen LogP contribution in [0.25, 0.3) is 0 Å². The largest absolute Gasteiger partial charge is 0.0837 e. The molecule has 0 spiro atoms. The maximum Gasteiger partial charge on any atom is 0.0470 e. The van der Waals surface area contributed by atoms with Crippen LogP contribution in [0.1, 0.15) is 22.3 Å². The van der Waals surface area contributed by atoms with E-state index in [1.54, 1.807) is 0 Å². The van der Waals surface area contributed by atoms with Crippen LogP contribution in [0.5, 0.6) is 0 Å². The highest BCUT2D eigenvalue weighted by Crippen LogP contribution is 2.23. The van der Waals surface area contributed by atoms with Gasteiger partial charge in [-0.3, -0.25) is 0 Å². The summed E-state index contributed by atoms with van der Waals surface area (Å²) in [6.45, 7) is 4.18. The van der Waals surface area contributed by atoms with Crippen molar-refractivity contribution in [3.05, 3.63) is 69.7 Å². The van der Waals surface area contributed by atoms with Gasteiger partial charge in [0.1, 0.15) is 0 Å². The molecule has 2 rings (SSSR count). The van der Waals surface area contributed by atoms with Crippen molar-refractivity contribution in [2.75, 3.05) is 0 Å². The minimum atomic E-state index is 0.894. The lowest BCUT2D eigenvalue weighted by molar-refractivity contribution is 1.15. The maximum absolute atomic E-state index is 6.30. The molecule has 0 bridgehead atoms. The first-order chi connectivity index (χ1) is 7.68. The van der Waals surface area contributed by atoms with E-state index in [0.29, 0.717) is 0 Å². The lowest BCUT2D eigenvalue weighted by Crippen LogP contribution is -1.93. The second kappa shape index (κ2) is 4.71. The van der Waals surface area contributed by atoms with Crippen LogP contribution in [0.15, 0.2) is 42.5 Å². The van der Waals surface area contributed by atoms with E-state index in [0.717, 1.165) is 17.0 Å². The minimum Gasteiger partial charge on any atom is -0.0837 e. The van der Waals surface area contributed by atoms with E-state index >= 15 is 0 Å². The molecule has 0 radical (unpaired) electrons. The topological polar surface area (TPSA) is 0 Å². The third-order valence-corrected chi connectivity index (χ3v) is 3.45. The van der Waals surface area contributed by atoms with Crippen LogP contribution < -0.4 is 0 Å². The van der Waals surface area contributed by atoms with E-state index in [1.807, 2.05) is 13.0 Å². The Balaban J connectivity index is 2.35. The summed E-state index contributed by atoms with van der Waals surface area (Å²) in [5, 5.41) is 0.894. The Bertz CT molecular complexity index is 501. The van der Waals surface area contributed by atoms with E-state index in [9.17, 15) is 0 Å². The molecular weight excluding hydrogens is 216 g/mol. The van der Waals surface area contributed by atoms with E-state index in [1.165, 1.54) is 16.7 Å². The Morgan fingerprint density at radius 3 is 2.19 bits per heavy atom. The summed E-state index contributed by atoms with van der Waals surface area (Å²) in [5.41, 5.74) is 5.01.